The van der Waals surface area contributed by atoms with Gasteiger partial charge in [0.2, 0.25) is 0 Å². The number of rotatable bonds is 3. The summed E-state index contributed by atoms with van der Waals surface area (Å²) in [6.07, 6.45) is 2.02. The summed E-state index contributed by atoms with van der Waals surface area (Å²) in [7, 11) is 1.90. The van der Waals surface area contributed by atoms with E-state index < -0.39 is 12.3 Å². The van der Waals surface area contributed by atoms with Crippen molar-refractivity contribution >= 4 is 17.9 Å². The minimum absolute atomic E-state index is 0.0128. The Labute approximate surface area is 109 Å². The first-order valence-corrected chi connectivity index (χ1v) is 6.78. The summed E-state index contributed by atoms with van der Waals surface area (Å²) in [6.45, 7) is 0.405. The molecule has 0 aromatic carbocycles. The highest BCUT2D eigenvalue weighted by Crippen LogP contribution is 2.27. The quantitative estimate of drug-likeness (QED) is 0.854. The second-order valence-electron chi connectivity index (χ2n) is 4.43. The van der Waals surface area contributed by atoms with Gasteiger partial charge in [0, 0.05) is 37.7 Å². The molecule has 2 rings (SSSR count). The van der Waals surface area contributed by atoms with Crippen LogP contribution < -0.4 is 0 Å². The second-order valence-corrected chi connectivity index (χ2v) is 5.41. The summed E-state index contributed by atoms with van der Waals surface area (Å²) < 4.78 is 15.7. The molecule has 1 N–H and O–H groups in total. The van der Waals surface area contributed by atoms with E-state index in [9.17, 15) is 9.18 Å². The van der Waals surface area contributed by atoms with E-state index in [4.69, 9.17) is 5.11 Å². The summed E-state index contributed by atoms with van der Waals surface area (Å²) >= 11 is 1.52. The lowest BCUT2D eigenvalue weighted by Gasteiger charge is -2.32. The fourth-order valence-electron chi connectivity index (χ4n) is 1.99. The topological polar surface area (TPSA) is 58.4 Å². The van der Waals surface area contributed by atoms with Crippen molar-refractivity contribution in [3.05, 3.63) is 12.4 Å². The first kappa shape index (κ1) is 13.2. The summed E-state index contributed by atoms with van der Waals surface area (Å²) in [5, 5.41) is 9.66. The number of aromatic nitrogens is 2. The first-order chi connectivity index (χ1) is 8.58. The molecule has 100 valence electrons. The summed E-state index contributed by atoms with van der Waals surface area (Å²) in [6, 6.07) is 0. The zero-order valence-electron chi connectivity index (χ0n) is 10.1. The molecule has 0 aliphatic carbocycles. The van der Waals surface area contributed by atoms with Gasteiger partial charge in [-0.15, -0.1) is 0 Å². The van der Waals surface area contributed by atoms with Crippen LogP contribution in [0.15, 0.2) is 17.6 Å². The monoisotopic (exact) mass is 273 g/mol. The molecular weight excluding hydrogens is 257 g/mol. The number of likely N-dealkylation sites (tertiary alicyclic amines) is 1. The van der Waals surface area contributed by atoms with E-state index in [2.05, 4.69) is 4.98 Å². The molecule has 1 aliphatic heterocycles. The van der Waals surface area contributed by atoms with E-state index in [0.717, 1.165) is 10.1 Å². The molecule has 1 aromatic heterocycles. The standard InChI is InChI=1S/C11H16FN3O2S/c1-14-5-3-13-10(14)18-7-8-2-4-15(11(16)17)6-9(8)12/h3,5,8-9H,2,4,6-7H2,1H3,(H,16,17). The summed E-state index contributed by atoms with van der Waals surface area (Å²) in [4.78, 5) is 16.0. The zero-order chi connectivity index (χ0) is 13.1. The van der Waals surface area contributed by atoms with Crippen LogP contribution in [-0.2, 0) is 7.05 Å². The van der Waals surface area contributed by atoms with Crippen LogP contribution >= 0.6 is 11.8 Å². The van der Waals surface area contributed by atoms with Crippen molar-refractivity contribution in [1.82, 2.24) is 14.5 Å². The van der Waals surface area contributed by atoms with Crippen LogP contribution in [0.5, 0.6) is 0 Å². The molecule has 1 fully saturated rings. The van der Waals surface area contributed by atoms with E-state index in [0.29, 0.717) is 18.7 Å². The van der Waals surface area contributed by atoms with E-state index in [1.54, 1.807) is 6.20 Å². The third kappa shape index (κ3) is 2.95. The molecule has 1 aromatic rings. The molecule has 2 heterocycles. The van der Waals surface area contributed by atoms with Gasteiger partial charge in [-0.1, -0.05) is 11.8 Å². The molecule has 2 unspecified atom stereocenters. The number of piperidine rings is 1. The number of imidazole rings is 1. The van der Waals surface area contributed by atoms with Crippen molar-refractivity contribution in [2.24, 2.45) is 13.0 Å². The van der Waals surface area contributed by atoms with Gasteiger partial charge < -0.3 is 14.6 Å². The molecule has 5 nitrogen and oxygen atoms in total. The predicted molar refractivity (Wildman–Crippen MR) is 66.5 cm³/mol. The molecule has 0 radical (unpaired) electrons. The highest BCUT2D eigenvalue weighted by molar-refractivity contribution is 7.99. The largest absolute Gasteiger partial charge is 0.465 e. The molecular formula is C11H16FN3O2S. The van der Waals surface area contributed by atoms with Gasteiger partial charge in [0.05, 0.1) is 6.54 Å². The Morgan fingerprint density at radius 3 is 3.06 bits per heavy atom. The molecule has 0 saturated carbocycles. The predicted octanol–water partition coefficient (Wildman–Crippen LogP) is 1.85. The Balaban J connectivity index is 1.84. The van der Waals surface area contributed by atoms with E-state index in [-0.39, 0.29) is 12.5 Å². The fourth-order valence-corrected chi connectivity index (χ4v) is 3.13. The maximum Gasteiger partial charge on any atom is 0.407 e. The number of carboxylic acid groups (broad SMARTS) is 1. The molecule has 0 bridgehead atoms. The number of carbonyl (C=O) groups is 1. The lowest BCUT2D eigenvalue weighted by atomic mass is 9.97. The number of thioether (sulfide) groups is 1. The average molecular weight is 273 g/mol. The van der Waals surface area contributed by atoms with E-state index >= 15 is 0 Å². The number of hydrogen-bond acceptors (Lipinski definition) is 3. The molecule has 2 atom stereocenters. The Kier molecular flexibility index (Phi) is 4.11. The number of hydrogen-bond donors (Lipinski definition) is 1. The van der Waals surface area contributed by atoms with E-state index in [1.807, 2.05) is 17.8 Å². The van der Waals surface area contributed by atoms with E-state index in [1.165, 1.54) is 11.8 Å². The van der Waals surface area contributed by atoms with Gasteiger partial charge in [-0.2, -0.15) is 0 Å². The average Bonchev–Trinajstić information content (AvgIpc) is 2.73. The molecule has 1 saturated heterocycles. The van der Waals surface area contributed by atoms with Crippen molar-refractivity contribution in [1.29, 1.82) is 0 Å². The van der Waals surface area contributed by atoms with Gasteiger partial charge in [0.15, 0.2) is 5.16 Å². The smallest absolute Gasteiger partial charge is 0.407 e. The van der Waals surface area contributed by atoms with Crippen LogP contribution in [0.25, 0.3) is 0 Å². The SMILES string of the molecule is Cn1ccnc1SCC1CCN(C(=O)O)CC1F. The van der Waals surface area contributed by atoms with Gasteiger partial charge in [-0.3, -0.25) is 0 Å². The first-order valence-electron chi connectivity index (χ1n) is 5.80. The number of nitrogens with zero attached hydrogens (tertiary/aromatic N) is 3. The zero-order valence-corrected chi connectivity index (χ0v) is 10.9. The molecule has 1 aliphatic rings. The minimum Gasteiger partial charge on any atom is -0.465 e. The van der Waals surface area contributed by atoms with Crippen molar-refractivity contribution in [2.45, 2.75) is 17.7 Å². The summed E-state index contributed by atoms with van der Waals surface area (Å²) in [5.74, 6) is 0.543. The van der Waals surface area contributed by atoms with Crippen molar-refractivity contribution in [2.75, 3.05) is 18.8 Å². The minimum atomic E-state index is -1.08. The van der Waals surface area contributed by atoms with Gasteiger partial charge in [-0.25, -0.2) is 14.2 Å². The van der Waals surface area contributed by atoms with Crippen LogP contribution in [0.4, 0.5) is 9.18 Å². The van der Waals surface area contributed by atoms with Gasteiger partial charge in [-0.05, 0) is 6.42 Å². The van der Waals surface area contributed by atoms with Gasteiger partial charge in [0.25, 0.3) is 0 Å². The lowest BCUT2D eigenvalue weighted by molar-refractivity contribution is 0.0831. The number of alkyl halides is 1. The van der Waals surface area contributed by atoms with Crippen LogP contribution in [0.1, 0.15) is 6.42 Å². The Morgan fingerprint density at radius 2 is 2.50 bits per heavy atom. The third-order valence-corrected chi connectivity index (χ3v) is 4.40. The van der Waals surface area contributed by atoms with Gasteiger partial charge >= 0.3 is 6.09 Å². The fraction of sp³-hybridized carbons (Fsp3) is 0.636. The van der Waals surface area contributed by atoms with Crippen molar-refractivity contribution in [3.8, 4) is 0 Å². The molecule has 1 amide bonds. The van der Waals surface area contributed by atoms with Gasteiger partial charge in [0.1, 0.15) is 6.17 Å². The summed E-state index contributed by atoms with van der Waals surface area (Å²) in [5.41, 5.74) is 0. The third-order valence-electron chi connectivity index (χ3n) is 3.15. The number of amides is 1. The lowest BCUT2D eigenvalue weighted by Crippen LogP contribution is -2.45. The Morgan fingerprint density at radius 1 is 1.72 bits per heavy atom. The van der Waals surface area contributed by atoms with Crippen LogP contribution in [0.2, 0.25) is 0 Å². The molecule has 18 heavy (non-hydrogen) atoms. The maximum atomic E-state index is 13.8. The van der Waals surface area contributed by atoms with Crippen LogP contribution in [0, 0.1) is 5.92 Å². The van der Waals surface area contributed by atoms with Crippen LogP contribution in [-0.4, -0.2) is 50.7 Å². The highest BCUT2D eigenvalue weighted by Gasteiger charge is 2.31. The number of aryl methyl sites for hydroxylation is 1. The van der Waals surface area contributed by atoms with Crippen molar-refractivity contribution in [3.63, 3.8) is 0 Å². The Bertz CT molecular complexity index is 426. The highest BCUT2D eigenvalue weighted by atomic mass is 32.2. The Hall–Kier alpha value is -1.24. The number of halogens is 1. The molecule has 7 heteroatoms. The maximum absolute atomic E-state index is 13.8. The molecule has 0 spiro atoms. The van der Waals surface area contributed by atoms with Crippen molar-refractivity contribution < 1.29 is 14.3 Å². The normalized spacial score (nSPS) is 24.2. The second kappa shape index (κ2) is 5.60. The van der Waals surface area contributed by atoms with Crippen LogP contribution in [0.3, 0.4) is 0 Å².